The SMILES string of the molecule is Cc1cncc(COCCC2CCOC3(C2)CN(C(=O)C2CCC2)C3)c1. The van der Waals surface area contributed by atoms with Gasteiger partial charge in [0.05, 0.1) is 19.7 Å². The Morgan fingerprint density at radius 2 is 2.19 bits per heavy atom. The summed E-state index contributed by atoms with van der Waals surface area (Å²) in [5, 5.41) is 0. The van der Waals surface area contributed by atoms with Crippen LogP contribution in [0.1, 0.15) is 49.7 Å². The maximum atomic E-state index is 12.3. The van der Waals surface area contributed by atoms with Crippen LogP contribution in [0.25, 0.3) is 0 Å². The summed E-state index contributed by atoms with van der Waals surface area (Å²) < 4.78 is 12.0. The molecule has 0 N–H and O–H groups in total. The predicted molar refractivity (Wildman–Crippen MR) is 98.6 cm³/mol. The van der Waals surface area contributed by atoms with Crippen LogP contribution in [-0.2, 0) is 20.9 Å². The first-order chi connectivity index (χ1) is 12.6. The fourth-order valence-electron chi connectivity index (χ4n) is 4.45. The van der Waals surface area contributed by atoms with Gasteiger partial charge in [-0.3, -0.25) is 9.78 Å². The van der Waals surface area contributed by atoms with Crippen molar-refractivity contribution in [1.82, 2.24) is 9.88 Å². The van der Waals surface area contributed by atoms with Gasteiger partial charge in [-0.25, -0.2) is 0 Å². The first-order valence-corrected chi connectivity index (χ1v) is 10.0. The molecule has 142 valence electrons. The van der Waals surface area contributed by atoms with Crippen LogP contribution in [0, 0.1) is 18.8 Å². The predicted octanol–water partition coefficient (Wildman–Crippen LogP) is 3.10. The first kappa shape index (κ1) is 17.9. The molecular formula is C21H30N2O3. The van der Waals surface area contributed by atoms with E-state index in [9.17, 15) is 4.79 Å². The van der Waals surface area contributed by atoms with E-state index in [-0.39, 0.29) is 5.60 Å². The van der Waals surface area contributed by atoms with Crippen molar-refractivity contribution >= 4 is 5.91 Å². The number of pyridine rings is 1. The number of amides is 1. The molecule has 1 spiro atoms. The largest absolute Gasteiger partial charge is 0.377 e. The molecule has 0 aromatic carbocycles. The van der Waals surface area contributed by atoms with Gasteiger partial charge in [0.15, 0.2) is 0 Å². The van der Waals surface area contributed by atoms with Crippen LogP contribution < -0.4 is 0 Å². The molecule has 2 aliphatic heterocycles. The maximum absolute atomic E-state index is 12.3. The van der Waals surface area contributed by atoms with E-state index in [0.717, 1.165) is 64.0 Å². The van der Waals surface area contributed by atoms with Crippen molar-refractivity contribution in [2.24, 2.45) is 11.8 Å². The Labute approximate surface area is 156 Å². The minimum atomic E-state index is -0.0667. The summed E-state index contributed by atoms with van der Waals surface area (Å²) in [5.41, 5.74) is 2.24. The lowest BCUT2D eigenvalue weighted by atomic mass is 9.77. The van der Waals surface area contributed by atoms with E-state index in [1.807, 2.05) is 17.3 Å². The van der Waals surface area contributed by atoms with Gasteiger partial charge in [0, 0.05) is 31.5 Å². The lowest BCUT2D eigenvalue weighted by molar-refractivity contribution is -0.193. The van der Waals surface area contributed by atoms with Gasteiger partial charge in [-0.2, -0.15) is 0 Å². The van der Waals surface area contributed by atoms with E-state index in [1.165, 1.54) is 12.0 Å². The van der Waals surface area contributed by atoms with Gasteiger partial charge < -0.3 is 14.4 Å². The second-order valence-corrected chi connectivity index (χ2v) is 8.42. The molecule has 0 bridgehead atoms. The fraction of sp³-hybridized carbons (Fsp3) is 0.714. The van der Waals surface area contributed by atoms with Crippen LogP contribution in [0.15, 0.2) is 18.5 Å². The average molecular weight is 358 g/mol. The number of aryl methyl sites for hydroxylation is 1. The molecule has 5 nitrogen and oxygen atoms in total. The van der Waals surface area contributed by atoms with E-state index in [4.69, 9.17) is 9.47 Å². The molecule has 1 aliphatic carbocycles. The Kier molecular flexibility index (Phi) is 5.28. The van der Waals surface area contributed by atoms with Crippen LogP contribution in [0.5, 0.6) is 0 Å². The molecule has 4 rings (SSSR count). The molecule has 3 fully saturated rings. The van der Waals surface area contributed by atoms with Gasteiger partial charge in [-0.1, -0.05) is 12.5 Å². The zero-order valence-corrected chi connectivity index (χ0v) is 15.8. The summed E-state index contributed by atoms with van der Waals surface area (Å²) in [6.07, 6.45) is 10.4. The first-order valence-electron chi connectivity index (χ1n) is 10.0. The molecule has 3 heterocycles. The molecule has 26 heavy (non-hydrogen) atoms. The summed E-state index contributed by atoms with van der Waals surface area (Å²) in [4.78, 5) is 18.6. The Morgan fingerprint density at radius 3 is 2.92 bits per heavy atom. The number of rotatable bonds is 6. The van der Waals surface area contributed by atoms with Gasteiger partial charge >= 0.3 is 0 Å². The van der Waals surface area contributed by atoms with Crippen LogP contribution in [0.4, 0.5) is 0 Å². The average Bonchev–Trinajstić information content (AvgIpc) is 2.55. The second-order valence-electron chi connectivity index (χ2n) is 8.42. The molecule has 2 saturated heterocycles. The van der Waals surface area contributed by atoms with Crippen molar-refractivity contribution in [1.29, 1.82) is 0 Å². The fourth-order valence-corrected chi connectivity index (χ4v) is 4.45. The highest BCUT2D eigenvalue weighted by molar-refractivity contribution is 5.80. The van der Waals surface area contributed by atoms with Crippen LogP contribution in [0.2, 0.25) is 0 Å². The van der Waals surface area contributed by atoms with Crippen LogP contribution >= 0.6 is 0 Å². The molecule has 1 atom stereocenters. The third-order valence-corrected chi connectivity index (χ3v) is 6.19. The normalized spacial score (nSPS) is 25.0. The third-order valence-electron chi connectivity index (χ3n) is 6.19. The molecule has 1 saturated carbocycles. The minimum Gasteiger partial charge on any atom is -0.377 e. The zero-order valence-electron chi connectivity index (χ0n) is 15.8. The highest BCUT2D eigenvalue weighted by Gasteiger charge is 2.50. The highest BCUT2D eigenvalue weighted by atomic mass is 16.5. The van der Waals surface area contributed by atoms with E-state index < -0.39 is 0 Å². The van der Waals surface area contributed by atoms with Gasteiger partial charge in [-0.05, 0) is 56.1 Å². The van der Waals surface area contributed by atoms with E-state index >= 15 is 0 Å². The molecule has 0 radical (unpaired) electrons. The van der Waals surface area contributed by atoms with E-state index in [2.05, 4.69) is 18.0 Å². The number of aromatic nitrogens is 1. The van der Waals surface area contributed by atoms with Gasteiger partial charge in [-0.15, -0.1) is 0 Å². The van der Waals surface area contributed by atoms with Crippen molar-refractivity contribution in [3.63, 3.8) is 0 Å². The molecule has 3 aliphatic rings. The number of nitrogens with zero attached hydrogens (tertiary/aromatic N) is 2. The number of ether oxygens (including phenoxy) is 2. The maximum Gasteiger partial charge on any atom is 0.225 e. The van der Waals surface area contributed by atoms with Crippen LogP contribution in [-0.4, -0.2) is 47.7 Å². The van der Waals surface area contributed by atoms with E-state index in [0.29, 0.717) is 24.3 Å². The van der Waals surface area contributed by atoms with Gasteiger partial charge in [0.1, 0.15) is 5.60 Å². The quantitative estimate of drug-likeness (QED) is 0.733. The molecule has 1 aromatic heterocycles. The Balaban J connectivity index is 1.18. The monoisotopic (exact) mass is 358 g/mol. The number of carbonyl (C=O) groups is 1. The van der Waals surface area contributed by atoms with E-state index in [1.54, 1.807) is 0 Å². The number of hydrogen-bond donors (Lipinski definition) is 0. The molecule has 1 unspecified atom stereocenters. The molecule has 5 heteroatoms. The number of likely N-dealkylation sites (tertiary alicyclic amines) is 1. The van der Waals surface area contributed by atoms with Gasteiger partial charge in [0.25, 0.3) is 0 Å². The van der Waals surface area contributed by atoms with Crippen LogP contribution in [0.3, 0.4) is 0 Å². The topological polar surface area (TPSA) is 51.7 Å². The summed E-state index contributed by atoms with van der Waals surface area (Å²) in [6, 6.07) is 2.12. The number of carbonyl (C=O) groups excluding carboxylic acids is 1. The molecule has 1 aromatic rings. The Hall–Kier alpha value is -1.46. The lowest BCUT2D eigenvalue weighted by Crippen LogP contribution is -2.67. The Bertz CT molecular complexity index is 638. The summed E-state index contributed by atoms with van der Waals surface area (Å²) >= 11 is 0. The standard InChI is InChI=1S/C21H30N2O3/c1-16-9-18(12-22-11-16)13-25-7-5-17-6-8-26-21(10-17)14-23(15-21)20(24)19-3-2-4-19/h9,11-12,17,19H,2-8,10,13-15H2,1H3. The molecule has 1 amide bonds. The summed E-state index contributed by atoms with van der Waals surface area (Å²) in [5.74, 6) is 1.30. The zero-order chi connectivity index (χ0) is 18.0. The second kappa shape index (κ2) is 7.65. The van der Waals surface area contributed by atoms with Crippen molar-refractivity contribution in [2.45, 2.75) is 57.7 Å². The van der Waals surface area contributed by atoms with Crippen molar-refractivity contribution in [3.05, 3.63) is 29.6 Å². The Morgan fingerprint density at radius 1 is 1.35 bits per heavy atom. The van der Waals surface area contributed by atoms with Crippen molar-refractivity contribution in [3.8, 4) is 0 Å². The highest BCUT2D eigenvalue weighted by Crippen LogP contribution is 2.40. The lowest BCUT2D eigenvalue weighted by Gasteiger charge is -2.54. The smallest absolute Gasteiger partial charge is 0.225 e. The number of hydrogen-bond acceptors (Lipinski definition) is 4. The van der Waals surface area contributed by atoms with Crippen molar-refractivity contribution in [2.75, 3.05) is 26.3 Å². The summed E-state index contributed by atoms with van der Waals surface area (Å²) in [6.45, 7) is 5.88. The molecular weight excluding hydrogens is 328 g/mol. The summed E-state index contributed by atoms with van der Waals surface area (Å²) in [7, 11) is 0. The van der Waals surface area contributed by atoms with Crippen molar-refractivity contribution < 1.29 is 14.3 Å². The van der Waals surface area contributed by atoms with Gasteiger partial charge in [0.2, 0.25) is 5.91 Å². The minimum absolute atomic E-state index is 0.0667. The third kappa shape index (κ3) is 3.94.